The lowest BCUT2D eigenvalue weighted by Crippen LogP contribution is -2.48. The van der Waals surface area contributed by atoms with Crippen molar-refractivity contribution < 1.29 is 36.2 Å². The molecule has 4 rings (SSSR count). The van der Waals surface area contributed by atoms with Crippen molar-refractivity contribution in [3.63, 3.8) is 0 Å². The summed E-state index contributed by atoms with van der Waals surface area (Å²) in [5.41, 5.74) is -4.07. The molecule has 0 saturated heterocycles. The van der Waals surface area contributed by atoms with Gasteiger partial charge < -0.3 is 15.7 Å². The summed E-state index contributed by atoms with van der Waals surface area (Å²) in [6, 6.07) is 6.06. The zero-order chi connectivity index (χ0) is 24.9. The van der Waals surface area contributed by atoms with E-state index in [4.69, 9.17) is 11.6 Å². The molecule has 184 valence electrons. The van der Waals surface area contributed by atoms with Crippen LogP contribution < -0.4 is 10.6 Å². The second-order valence-electron chi connectivity index (χ2n) is 8.73. The van der Waals surface area contributed by atoms with Crippen molar-refractivity contribution in [2.45, 2.75) is 49.7 Å². The van der Waals surface area contributed by atoms with E-state index < -0.39 is 40.6 Å². The summed E-state index contributed by atoms with van der Waals surface area (Å²) in [4.78, 5) is 12.1. The Hall–Kier alpha value is -2.46. The number of halogens is 7. The van der Waals surface area contributed by atoms with E-state index in [2.05, 4.69) is 10.6 Å². The summed E-state index contributed by atoms with van der Waals surface area (Å²) < 4.78 is 80.9. The molecule has 1 fully saturated rings. The maximum absolute atomic E-state index is 13.9. The summed E-state index contributed by atoms with van der Waals surface area (Å²) in [7, 11) is 0. The van der Waals surface area contributed by atoms with E-state index in [1.807, 2.05) is 0 Å². The summed E-state index contributed by atoms with van der Waals surface area (Å²) in [5, 5.41) is 15.4. The molecule has 34 heavy (non-hydrogen) atoms. The van der Waals surface area contributed by atoms with Gasteiger partial charge in [0.25, 0.3) is 0 Å². The molecule has 2 aromatic rings. The molecule has 0 bridgehead atoms. The quantitative estimate of drug-likeness (QED) is 0.438. The molecule has 2 aliphatic rings. The van der Waals surface area contributed by atoms with Crippen molar-refractivity contribution in [1.82, 2.24) is 5.32 Å². The van der Waals surface area contributed by atoms with E-state index in [1.165, 1.54) is 6.07 Å². The van der Waals surface area contributed by atoms with Crippen molar-refractivity contribution in [1.29, 1.82) is 0 Å². The van der Waals surface area contributed by atoms with Gasteiger partial charge in [-0.25, -0.2) is 0 Å². The molecule has 0 aliphatic heterocycles. The lowest BCUT2D eigenvalue weighted by molar-refractivity contribution is -0.260. The van der Waals surface area contributed by atoms with Gasteiger partial charge in [-0.15, -0.1) is 0 Å². The molecule has 1 amide bonds. The minimum atomic E-state index is -5.29. The number of carbonyl (C=O) groups is 1. The number of aryl methyl sites for hydroxylation is 1. The highest BCUT2D eigenvalue weighted by atomic mass is 35.5. The first kappa shape index (κ1) is 24.7. The van der Waals surface area contributed by atoms with Gasteiger partial charge in [-0.2, -0.15) is 26.3 Å². The van der Waals surface area contributed by atoms with Gasteiger partial charge in [-0.3, -0.25) is 4.79 Å². The van der Waals surface area contributed by atoms with E-state index in [-0.39, 0.29) is 29.6 Å². The van der Waals surface area contributed by atoms with Crippen LogP contribution in [0.4, 0.5) is 32.0 Å². The number of hydrogen-bond donors (Lipinski definition) is 3. The maximum atomic E-state index is 13.9. The van der Waals surface area contributed by atoms with Crippen LogP contribution in [0.5, 0.6) is 0 Å². The number of nitrogens with one attached hydrogen (secondary N) is 2. The zero-order valence-electron chi connectivity index (χ0n) is 17.7. The van der Waals surface area contributed by atoms with E-state index in [0.717, 1.165) is 24.0 Å². The third-order valence-electron chi connectivity index (χ3n) is 6.21. The Morgan fingerprint density at radius 3 is 2.29 bits per heavy atom. The Morgan fingerprint density at radius 2 is 1.68 bits per heavy atom. The minimum Gasteiger partial charge on any atom is -0.381 e. The fourth-order valence-electron chi connectivity index (χ4n) is 4.10. The Bertz CT molecular complexity index is 1100. The van der Waals surface area contributed by atoms with Crippen molar-refractivity contribution in [2.24, 2.45) is 5.92 Å². The van der Waals surface area contributed by atoms with Crippen LogP contribution in [0.3, 0.4) is 0 Å². The Morgan fingerprint density at radius 1 is 1.00 bits per heavy atom. The number of fused-ring (bicyclic) bond motifs is 1. The molecule has 0 radical (unpaired) electrons. The summed E-state index contributed by atoms with van der Waals surface area (Å²) in [6.45, 7) is -1.13. The van der Waals surface area contributed by atoms with Crippen molar-refractivity contribution >= 4 is 23.2 Å². The highest BCUT2D eigenvalue weighted by Crippen LogP contribution is 2.43. The van der Waals surface area contributed by atoms with Gasteiger partial charge in [-0.05, 0) is 72.7 Å². The molecule has 2 atom stereocenters. The highest BCUT2D eigenvalue weighted by Gasteiger charge is 2.55. The molecule has 11 heteroatoms. The molecule has 1 saturated carbocycles. The Labute approximate surface area is 196 Å². The van der Waals surface area contributed by atoms with Crippen molar-refractivity contribution in [3.8, 4) is 0 Å². The van der Waals surface area contributed by atoms with Gasteiger partial charge in [0.2, 0.25) is 11.5 Å². The van der Waals surface area contributed by atoms with E-state index in [9.17, 15) is 36.2 Å². The van der Waals surface area contributed by atoms with Gasteiger partial charge in [0.05, 0.1) is 18.2 Å². The lowest BCUT2D eigenvalue weighted by atomic mass is 9.91. The number of amides is 1. The molecule has 3 N–H and O–H groups in total. The van der Waals surface area contributed by atoms with E-state index >= 15 is 0 Å². The number of benzene rings is 2. The first-order valence-electron chi connectivity index (χ1n) is 10.6. The fraction of sp³-hybridized carbons (Fsp3) is 0.435. The first-order valence-corrected chi connectivity index (χ1v) is 11.0. The Balaban J connectivity index is 1.55. The monoisotopic (exact) mass is 506 g/mol. The van der Waals surface area contributed by atoms with Crippen LogP contribution in [0.2, 0.25) is 5.02 Å². The minimum absolute atomic E-state index is 0.00459. The molecule has 0 spiro atoms. The number of carbonyl (C=O) groups excluding carboxylic acids is 1. The van der Waals surface area contributed by atoms with E-state index in [0.29, 0.717) is 25.0 Å². The number of anilines is 1. The third-order valence-corrected chi connectivity index (χ3v) is 6.42. The van der Waals surface area contributed by atoms with Crippen molar-refractivity contribution in [2.75, 3.05) is 11.9 Å². The van der Waals surface area contributed by atoms with Crippen LogP contribution in [0.15, 0.2) is 36.4 Å². The third kappa shape index (κ3) is 4.98. The Kier molecular flexibility index (Phi) is 6.27. The standard InChI is InChI=1S/C23H21ClF6N2O2/c24-16-9-14(8-15(10-16)22(25,26)27)21(34,23(28,29)30)11-31-17-4-5-18-13(7-17)3-6-19(18)32-20(33)12-1-2-12/h4-5,7-10,12,19,31,34H,1-3,6,11H2,(H,32,33)/t19-,21-/m0/s1. The van der Waals surface area contributed by atoms with Crippen LogP contribution in [0, 0.1) is 5.92 Å². The average molecular weight is 507 g/mol. The van der Waals surface area contributed by atoms with Crippen LogP contribution in [-0.2, 0) is 23.0 Å². The predicted molar refractivity (Wildman–Crippen MR) is 113 cm³/mol. The molecule has 0 aromatic heterocycles. The van der Waals surface area contributed by atoms with Crippen LogP contribution in [0.25, 0.3) is 0 Å². The summed E-state index contributed by atoms with van der Waals surface area (Å²) in [5.74, 6) is 0.0458. The van der Waals surface area contributed by atoms with Crippen LogP contribution in [-0.4, -0.2) is 23.7 Å². The second-order valence-corrected chi connectivity index (χ2v) is 9.16. The molecule has 4 nitrogen and oxygen atoms in total. The first-order chi connectivity index (χ1) is 15.8. The molecular weight excluding hydrogens is 486 g/mol. The molecule has 2 aliphatic carbocycles. The predicted octanol–water partition coefficient (Wildman–Crippen LogP) is 5.73. The largest absolute Gasteiger partial charge is 0.423 e. The number of hydrogen-bond acceptors (Lipinski definition) is 3. The smallest absolute Gasteiger partial charge is 0.381 e. The zero-order valence-corrected chi connectivity index (χ0v) is 18.4. The van der Waals surface area contributed by atoms with Gasteiger partial charge in [0.1, 0.15) is 0 Å². The number of alkyl halides is 6. The second kappa shape index (κ2) is 8.64. The maximum Gasteiger partial charge on any atom is 0.423 e. The van der Waals surface area contributed by atoms with Gasteiger partial charge in [-0.1, -0.05) is 17.7 Å². The lowest BCUT2D eigenvalue weighted by Gasteiger charge is -2.32. The molecule has 0 heterocycles. The summed E-state index contributed by atoms with van der Waals surface area (Å²) in [6.07, 6.45) is -7.23. The molecule has 2 aromatic carbocycles. The highest BCUT2D eigenvalue weighted by molar-refractivity contribution is 6.30. The number of aliphatic hydroxyl groups is 1. The van der Waals surface area contributed by atoms with Gasteiger partial charge in [0.15, 0.2) is 0 Å². The molecule has 0 unspecified atom stereocenters. The molecular formula is C23H21ClF6N2O2. The topological polar surface area (TPSA) is 61.4 Å². The van der Waals surface area contributed by atoms with Crippen LogP contribution >= 0.6 is 11.6 Å². The van der Waals surface area contributed by atoms with Gasteiger partial charge >= 0.3 is 12.4 Å². The summed E-state index contributed by atoms with van der Waals surface area (Å²) >= 11 is 5.64. The average Bonchev–Trinajstić information content (AvgIpc) is 3.52. The van der Waals surface area contributed by atoms with Crippen molar-refractivity contribution in [3.05, 3.63) is 63.7 Å². The van der Waals surface area contributed by atoms with Crippen LogP contribution in [0.1, 0.15) is 47.6 Å². The fourth-order valence-corrected chi connectivity index (χ4v) is 4.34. The SMILES string of the molecule is O=C(N[C@H]1CCc2cc(NC[C@](O)(c3cc(Cl)cc(C(F)(F)F)c3)C(F)(F)F)ccc21)C1CC1. The van der Waals surface area contributed by atoms with E-state index in [1.54, 1.807) is 12.1 Å². The number of rotatable bonds is 6. The van der Waals surface area contributed by atoms with Gasteiger partial charge in [0, 0.05) is 16.6 Å². The normalized spacial score (nSPS) is 19.9.